The predicted molar refractivity (Wildman–Crippen MR) is 59.0 cm³/mol. The Bertz CT molecular complexity index is 455. The minimum atomic E-state index is -0.820. The summed E-state index contributed by atoms with van der Waals surface area (Å²) >= 11 is 0. The molecule has 98 valence electrons. The normalized spacial score (nSPS) is 23.1. The highest BCUT2D eigenvalue weighted by molar-refractivity contribution is 5.44. The zero-order valence-corrected chi connectivity index (χ0v) is 9.63. The Morgan fingerprint density at radius 2 is 2.28 bits per heavy atom. The third kappa shape index (κ3) is 2.41. The molecule has 1 aromatic carbocycles. The van der Waals surface area contributed by atoms with Crippen molar-refractivity contribution in [1.29, 1.82) is 0 Å². The Balaban J connectivity index is 2.25. The van der Waals surface area contributed by atoms with E-state index in [4.69, 9.17) is 9.47 Å². The molecule has 0 amide bonds. The second-order valence-electron chi connectivity index (χ2n) is 4.09. The van der Waals surface area contributed by atoms with Crippen LogP contribution in [0.1, 0.15) is 5.56 Å². The topological polar surface area (TPSA) is 81.8 Å². The minimum Gasteiger partial charge on any atom is -0.482 e. The molecule has 1 N–H and O–H groups in total. The molecule has 1 heterocycles. The lowest BCUT2D eigenvalue weighted by Gasteiger charge is -2.17. The summed E-state index contributed by atoms with van der Waals surface area (Å²) in [6, 6.07) is 2.02. The number of nitrogens with zero attached hydrogens (tertiary/aromatic N) is 1. The maximum atomic E-state index is 13.7. The third-order valence-corrected chi connectivity index (χ3v) is 2.69. The molecule has 0 aromatic heterocycles. The molecule has 1 fully saturated rings. The number of hydrogen-bond acceptors (Lipinski definition) is 5. The lowest BCUT2D eigenvalue weighted by molar-refractivity contribution is -0.385. The van der Waals surface area contributed by atoms with Crippen molar-refractivity contribution in [3.8, 4) is 5.75 Å². The van der Waals surface area contributed by atoms with Gasteiger partial charge < -0.3 is 14.6 Å². The van der Waals surface area contributed by atoms with Gasteiger partial charge in [-0.1, -0.05) is 0 Å². The smallest absolute Gasteiger partial charge is 0.272 e. The van der Waals surface area contributed by atoms with Gasteiger partial charge in [0.05, 0.1) is 24.2 Å². The van der Waals surface area contributed by atoms with E-state index in [-0.39, 0.29) is 24.7 Å². The number of aryl methyl sites for hydroxylation is 1. The molecule has 6 nitrogen and oxygen atoms in total. The van der Waals surface area contributed by atoms with Crippen LogP contribution in [0.25, 0.3) is 0 Å². The van der Waals surface area contributed by atoms with Crippen molar-refractivity contribution < 1.29 is 23.9 Å². The van der Waals surface area contributed by atoms with E-state index >= 15 is 0 Å². The largest absolute Gasteiger partial charge is 0.482 e. The van der Waals surface area contributed by atoms with Gasteiger partial charge in [-0.05, 0) is 6.92 Å². The average molecular weight is 257 g/mol. The van der Waals surface area contributed by atoms with E-state index in [1.54, 1.807) is 0 Å². The van der Waals surface area contributed by atoms with E-state index in [0.717, 1.165) is 6.07 Å². The molecule has 1 aromatic rings. The molecule has 1 aliphatic heterocycles. The standard InChI is InChI=1S/C11H12FNO5/c1-6-2-7(13(15)16)3-8(12)11(6)18-10-5-17-4-9(10)14/h2-3,9-10,14H,4-5H2,1H3/t9-,10-/m1/s1. The number of benzene rings is 1. The SMILES string of the molecule is Cc1cc([N+](=O)[O-])cc(F)c1O[C@@H]1COC[C@H]1O. The highest BCUT2D eigenvalue weighted by atomic mass is 19.1. The second kappa shape index (κ2) is 4.87. The van der Waals surface area contributed by atoms with Crippen molar-refractivity contribution in [2.24, 2.45) is 0 Å². The summed E-state index contributed by atoms with van der Waals surface area (Å²) in [6.45, 7) is 1.81. The van der Waals surface area contributed by atoms with E-state index in [0.29, 0.717) is 5.56 Å². The number of aliphatic hydroxyl groups excluding tert-OH is 1. The molecular formula is C11H12FNO5. The van der Waals surface area contributed by atoms with Crippen LogP contribution in [0.4, 0.5) is 10.1 Å². The van der Waals surface area contributed by atoms with Gasteiger partial charge in [0.25, 0.3) is 5.69 Å². The van der Waals surface area contributed by atoms with Crippen LogP contribution in [0.2, 0.25) is 0 Å². The van der Waals surface area contributed by atoms with E-state index in [1.807, 2.05) is 0 Å². The first-order valence-electron chi connectivity index (χ1n) is 5.36. The third-order valence-electron chi connectivity index (χ3n) is 2.69. The van der Waals surface area contributed by atoms with Gasteiger partial charge in [-0.15, -0.1) is 0 Å². The Morgan fingerprint density at radius 1 is 1.56 bits per heavy atom. The number of halogens is 1. The van der Waals surface area contributed by atoms with Gasteiger partial charge in [-0.3, -0.25) is 10.1 Å². The van der Waals surface area contributed by atoms with Crippen molar-refractivity contribution in [2.75, 3.05) is 13.2 Å². The summed E-state index contributed by atoms with van der Waals surface area (Å²) in [5.41, 5.74) is -0.0265. The molecular weight excluding hydrogens is 245 g/mol. The molecule has 0 saturated carbocycles. The van der Waals surface area contributed by atoms with Crippen LogP contribution in [0.5, 0.6) is 5.75 Å². The number of nitro benzene ring substituents is 1. The van der Waals surface area contributed by atoms with Crippen molar-refractivity contribution in [2.45, 2.75) is 19.1 Å². The first kappa shape index (κ1) is 12.7. The van der Waals surface area contributed by atoms with Gasteiger partial charge in [-0.25, -0.2) is 4.39 Å². The van der Waals surface area contributed by atoms with Crippen molar-refractivity contribution in [1.82, 2.24) is 0 Å². The summed E-state index contributed by atoms with van der Waals surface area (Å²) in [5, 5.41) is 20.0. The van der Waals surface area contributed by atoms with E-state index in [9.17, 15) is 19.6 Å². The average Bonchev–Trinajstić information content (AvgIpc) is 2.69. The predicted octanol–water partition coefficient (Wildman–Crippen LogP) is 1.18. The molecule has 1 saturated heterocycles. The minimum absolute atomic E-state index is 0.0878. The Hall–Kier alpha value is -1.73. The molecule has 1 aliphatic rings. The van der Waals surface area contributed by atoms with E-state index in [2.05, 4.69) is 0 Å². The van der Waals surface area contributed by atoms with E-state index in [1.165, 1.54) is 13.0 Å². The number of ether oxygens (including phenoxy) is 2. The van der Waals surface area contributed by atoms with Gasteiger partial charge in [0.15, 0.2) is 17.7 Å². The Kier molecular flexibility index (Phi) is 3.44. The lowest BCUT2D eigenvalue weighted by Crippen LogP contribution is -2.30. The van der Waals surface area contributed by atoms with Gasteiger partial charge >= 0.3 is 0 Å². The highest BCUT2D eigenvalue weighted by Crippen LogP contribution is 2.29. The molecule has 0 radical (unpaired) electrons. The zero-order valence-electron chi connectivity index (χ0n) is 9.63. The van der Waals surface area contributed by atoms with Gasteiger partial charge in [0.2, 0.25) is 0 Å². The summed E-state index contributed by atoms with van der Waals surface area (Å²) in [5.74, 6) is -0.907. The lowest BCUT2D eigenvalue weighted by atomic mass is 10.2. The molecule has 7 heteroatoms. The first-order valence-corrected chi connectivity index (χ1v) is 5.36. The monoisotopic (exact) mass is 257 g/mol. The van der Waals surface area contributed by atoms with Crippen LogP contribution in [-0.2, 0) is 4.74 Å². The van der Waals surface area contributed by atoms with Gasteiger partial charge in [-0.2, -0.15) is 0 Å². The van der Waals surface area contributed by atoms with E-state index < -0.39 is 22.9 Å². The van der Waals surface area contributed by atoms with Crippen molar-refractivity contribution in [3.05, 3.63) is 33.6 Å². The van der Waals surface area contributed by atoms with Crippen LogP contribution in [0.15, 0.2) is 12.1 Å². The number of aliphatic hydroxyl groups is 1. The fourth-order valence-electron chi connectivity index (χ4n) is 1.75. The summed E-state index contributed by atoms with van der Waals surface area (Å²) in [6.07, 6.45) is -1.47. The van der Waals surface area contributed by atoms with Crippen LogP contribution in [0.3, 0.4) is 0 Å². The van der Waals surface area contributed by atoms with Crippen LogP contribution < -0.4 is 4.74 Å². The fourth-order valence-corrected chi connectivity index (χ4v) is 1.75. The van der Waals surface area contributed by atoms with Crippen molar-refractivity contribution in [3.63, 3.8) is 0 Å². The molecule has 18 heavy (non-hydrogen) atoms. The molecule has 0 spiro atoms. The first-order chi connectivity index (χ1) is 8.49. The zero-order chi connectivity index (χ0) is 13.3. The maximum Gasteiger partial charge on any atom is 0.272 e. The molecule has 2 rings (SSSR count). The molecule has 2 atom stereocenters. The summed E-state index contributed by atoms with van der Waals surface area (Å²) < 4.78 is 24.0. The Labute approximate surface area is 102 Å². The number of non-ortho nitro benzene ring substituents is 1. The summed E-state index contributed by atoms with van der Waals surface area (Å²) in [7, 11) is 0. The Morgan fingerprint density at radius 3 is 2.78 bits per heavy atom. The number of nitro groups is 1. The molecule has 0 unspecified atom stereocenters. The van der Waals surface area contributed by atoms with Crippen LogP contribution >= 0.6 is 0 Å². The maximum absolute atomic E-state index is 13.7. The van der Waals surface area contributed by atoms with Gasteiger partial charge in [0.1, 0.15) is 6.10 Å². The van der Waals surface area contributed by atoms with Crippen LogP contribution in [0, 0.1) is 22.9 Å². The molecule has 0 bridgehead atoms. The highest BCUT2D eigenvalue weighted by Gasteiger charge is 2.29. The number of hydrogen-bond donors (Lipinski definition) is 1. The van der Waals surface area contributed by atoms with Crippen LogP contribution in [-0.4, -0.2) is 35.5 Å². The van der Waals surface area contributed by atoms with Crippen molar-refractivity contribution >= 4 is 5.69 Å². The second-order valence-corrected chi connectivity index (χ2v) is 4.09. The molecule has 0 aliphatic carbocycles. The summed E-state index contributed by atoms with van der Waals surface area (Å²) in [4.78, 5) is 9.88. The fraction of sp³-hybridized carbons (Fsp3) is 0.455. The quantitative estimate of drug-likeness (QED) is 0.649. The van der Waals surface area contributed by atoms with Gasteiger partial charge in [0, 0.05) is 11.6 Å². The number of rotatable bonds is 3.